The molecule has 7 heteroatoms. The van der Waals surface area contributed by atoms with E-state index >= 15 is 0 Å². The molecular formula is C11H20N2O4S. The molecule has 0 bridgehead atoms. The summed E-state index contributed by atoms with van der Waals surface area (Å²) in [6.45, 7) is 6.67. The Labute approximate surface area is 112 Å². The predicted octanol–water partition coefficient (Wildman–Crippen LogP) is 0.513. The van der Waals surface area contributed by atoms with Crippen LogP contribution in [0.25, 0.3) is 0 Å². The summed E-state index contributed by atoms with van der Waals surface area (Å²) in [4.78, 5) is 33.5. The van der Waals surface area contributed by atoms with E-state index in [9.17, 15) is 14.4 Å². The highest BCUT2D eigenvalue weighted by molar-refractivity contribution is 7.80. The molecule has 0 aliphatic carbocycles. The number of carbonyl (C=O) groups is 3. The standard InChI is InChI=1S/C11H20N2O4S/c1-7(9(15)13-8(5-14)6-18)12-10(16)17-11(2,3)4/h5,7-8,18H,6H2,1-4H3,(H,12,16)(H,13,15)/t7-,8?/m0/s1. The van der Waals surface area contributed by atoms with Gasteiger partial charge in [-0.2, -0.15) is 12.6 Å². The molecule has 0 radical (unpaired) electrons. The zero-order chi connectivity index (χ0) is 14.3. The van der Waals surface area contributed by atoms with Gasteiger partial charge >= 0.3 is 6.09 Å². The molecule has 0 rings (SSSR count). The predicted molar refractivity (Wildman–Crippen MR) is 70.7 cm³/mol. The van der Waals surface area contributed by atoms with E-state index in [1.54, 1.807) is 20.8 Å². The zero-order valence-electron chi connectivity index (χ0n) is 11.0. The molecule has 0 heterocycles. The second-order valence-corrected chi connectivity index (χ2v) is 5.17. The van der Waals surface area contributed by atoms with Crippen molar-refractivity contribution in [3.8, 4) is 0 Å². The van der Waals surface area contributed by atoms with Gasteiger partial charge in [-0.05, 0) is 27.7 Å². The van der Waals surface area contributed by atoms with Crippen molar-refractivity contribution >= 4 is 30.9 Å². The van der Waals surface area contributed by atoms with Crippen LogP contribution in [0, 0.1) is 0 Å². The Morgan fingerprint density at radius 2 is 1.89 bits per heavy atom. The van der Waals surface area contributed by atoms with Crippen molar-refractivity contribution in [3.05, 3.63) is 0 Å². The summed E-state index contributed by atoms with van der Waals surface area (Å²) in [6, 6.07) is -1.45. The first kappa shape index (κ1) is 16.8. The van der Waals surface area contributed by atoms with Crippen molar-refractivity contribution in [2.24, 2.45) is 0 Å². The third-order valence-electron chi connectivity index (χ3n) is 1.82. The topological polar surface area (TPSA) is 84.5 Å². The van der Waals surface area contributed by atoms with Crippen molar-refractivity contribution in [2.45, 2.75) is 45.4 Å². The number of aldehydes is 1. The van der Waals surface area contributed by atoms with Gasteiger partial charge in [0.15, 0.2) is 0 Å². The van der Waals surface area contributed by atoms with Gasteiger partial charge < -0.3 is 20.2 Å². The maximum Gasteiger partial charge on any atom is 0.408 e. The number of hydrogen-bond donors (Lipinski definition) is 3. The van der Waals surface area contributed by atoms with E-state index in [-0.39, 0.29) is 5.75 Å². The van der Waals surface area contributed by atoms with Crippen molar-refractivity contribution in [1.82, 2.24) is 10.6 Å². The van der Waals surface area contributed by atoms with Gasteiger partial charge in [0.1, 0.15) is 17.9 Å². The monoisotopic (exact) mass is 276 g/mol. The Bertz CT molecular complexity index is 315. The lowest BCUT2D eigenvalue weighted by molar-refractivity contribution is -0.125. The minimum Gasteiger partial charge on any atom is -0.444 e. The number of amides is 2. The first-order valence-electron chi connectivity index (χ1n) is 5.55. The number of ether oxygens (including phenoxy) is 1. The van der Waals surface area contributed by atoms with Gasteiger partial charge in [-0.3, -0.25) is 4.79 Å². The lowest BCUT2D eigenvalue weighted by atomic mass is 10.2. The number of carbonyl (C=O) groups excluding carboxylic acids is 3. The van der Waals surface area contributed by atoms with Crippen molar-refractivity contribution in [1.29, 1.82) is 0 Å². The Kier molecular flexibility index (Phi) is 6.75. The maximum atomic E-state index is 11.6. The zero-order valence-corrected chi connectivity index (χ0v) is 11.9. The van der Waals surface area contributed by atoms with Crippen LogP contribution in [0.2, 0.25) is 0 Å². The van der Waals surface area contributed by atoms with Crippen LogP contribution in [-0.4, -0.2) is 41.7 Å². The van der Waals surface area contributed by atoms with Gasteiger partial charge in [0.05, 0.1) is 6.04 Å². The van der Waals surface area contributed by atoms with Crippen LogP contribution in [0.3, 0.4) is 0 Å². The Hall–Kier alpha value is -1.24. The summed E-state index contributed by atoms with van der Waals surface area (Å²) in [5.41, 5.74) is -0.628. The smallest absolute Gasteiger partial charge is 0.408 e. The van der Waals surface area contributed by atoms with Crippen LogP contribution in [0.1, 0.15) is 27.7 Å². The number of alkyl carbamates (subject to hydrolysis) is 1. The largest absolute Gasteiger partial charge is 0.444 e. The minimum atomic E-state index is -0.790. The molecule has 0 aliphatic heterocycles. The third-order valence-corrected chi connectivity index (χ3v) is 2.21. The second kappa shape index (κ2) is 7.25. The second-order valence-electron chi connectivity index (χ2n) is 4.80. The molecule has 18 heavy (non-hydrogen) atoms. The molecule has 1 unspecified atom stereocenters. The average Bonchev–Trinajstić information content (AvgIpc) is 2.22. The Balaban J connectivity index is 4.23. The normalized spacial score (nSPS) is 14.3. The van der Waals surface area contributed by atoms with Crippen molar-refractivity contribution in [2.75, 3.05) is 5.75 Å². The molecule has 104 valence electrons. The van der Waals surface area contributed by atoms with E-state index < -0.39 is 29.7 Å². The van der Waals surface area contributed by atoms with Crippen LogP contribution in [-0.2, 0) is 14.3 Å². The molecule has 0 aromatic rings. The van der Waals surface area contributed by atoms with E-state index in [0.717, 1.165) is 0 Å². The van der Waals surface area contributed by atoms with Crippen LogP contribution in [0.5, 0.6) is 0 Å². The highest BCUT2D eigenvalue weighted by atomic mass is 32.1. The SMILES string of the molecule is C[C@H](NC(=O)OC(C)(C)C)C(=O)NC(C=O)CS. The Morgan fingerprint density at radius 3 is 2.28 bits per heavy atom. The van der Waals surface area contributed by atoms with Crippen LogP contribution in [0.15, 0.2) is 0 Å². The molecule has 2 amide bonds. The minimum absolute atomic E-state index is 0.203. The number of nitrogens with one attached hydrogen (secondary N) is 2. The summed E-state index contributed by atoms with van der Waals surface area (Å²) in [5.74, 6) is -0.263. The molecule has 0 aliphatic rings. The summed E-state index contributed by atoms with van der Waals surface area (Å²) in [6.07, 6.45) is -0.0934. The van der Waals surface area contributed by atoms with Gasteiger partial charge in [-0.25, -0.2) is 4.79 Å². The molecule has 0 fully saturated rings. The number of rotatable bonds is 5. The third kappa shape index (κ3) is 7.16. The van der Waals surface area contributed by atoms with E-state index in [1.807, 2.05) is 0 Å². The number of thiol groups is 1. The highest BCUT2D eigenvalue weighted by Crippen LogP contribution is 2.06. The summed E-state index contributed by atoms with van der Waals surface area (Å²) >= 11 is 3.91. The van der Waals surface area contributed by atoms with Gasteiger partial charge in [0, 0.05) is 5.75 Å². The fraction of sp³-hybridized carbons (Fsp3) is 0.727. The molecule has 0 saturated heterocycles. The van der Waals surface area contributed by atoms with Crippen LogP contribution in [0.4, 0.5) is 4.79 Å². The van der Waals surface area contributed by atoms with Crippen LogP contribution >= 0.6 is 12.6 Å². The van der Waals surface area contributed by atoms with Gasteiger partial charge in [-0.15, -0.1) is 0 Å². The van der Waals surface area contributed by atoms with E-state index in [2.05, 4.69) is 23.3 Å². The lowest BCUT2D eigenvalue weighted by Gasteiger charge is -2.22. The van der Waals surface area contributed by atoms with Gasteiger partial charge in [-0.1, -0.05) is 0 Å². The molecule has 2 atom stereocenters. The molecular weight excluding hydrogens is 256 g/mol. The lowest BCUT2D eigenvalue weighted by Crippen LogP contribution is -2.50. The molecule has 0 aromatic heterocycles. The van der Waals surface area contributed by atoms with Crippen molar-refractivity contribution < 1.29 is 19.1 Å². The summed E-state index contributed by atoms with van der Waals surface area (Å²) in [5, 5.41) is 4.81. The molecule has 0 spiro atoms. The fourth-order valence-electron chi connectivity index (χ4n) is 0.980. The quantitative estimate of drug-likeness (QED) is 0.505. The van der Waals surface area contributed by atoms with Gasteiger partial charge in [0.25, 0.3) is 0 Å². The fourth-order valence-corrected chi connectivity index (χ4v) is 1.16. The van der Waals surface area contributed by atoms with Gasteiger partial charge in [0.2, 0.25) is 5.91 Å². The molecule has 0 saturated carbocycles. The molecule has 2 N–H and O–H groups in total. The maximum absolute atomic E-state index is 11.6. The van der Waals surface area contributed by atoms with Crippen molar-refractivity contribution in [3.63, 3.8) is 0 Å². The average molecular weight is 276 g/mol. The summed E-state index contributed by atoms with van der Waals surface area (Å²) in [7, 11) is 0. The van der Waals surface area contributed by atoms with E-state index in [4.69, 9.17) is 4.74 Å². The van der Waals surface area contributed by atoms with E-state index in [0.29, 0.717) is 6.29 Å². The molecule has 0 aromatic carbocycles. The highest BCUT2D eigenvalue weighted by Gasteiger charge is 2.22. The first-order chi connectivity index (χ1) is 8.19. The van der Waals surface area contributed by atoms with E-state index in [1.165, 1.54) is 6.92 Å². The Morgan fingerprint density at radius 1 is 1.33 bits per heavy atom. The first-order valence-corrected chi connectivity index (χ1v) is 6.19. The summed E-state index contributed by atoms with van der Waals surface area (Å²) < 4.78 is 5.00. The van der Waals surface area contributed by atoms with Crippen LogP contribution < -0.4 is 10.6 Å². The number of hydrogen-bond acceptors (Lipinski definition) is 5. The molecule has 6 nitrogen and oxygen atoms in total.